The summed E-state index contributed by atoms with van der Waals surface area (Å²) < 4.78 is 5.59. The topological polar surface area (TPSA) is 64.3 Å². The lowest BCUT2D eigenvalue weighted by atomic mass is 9.77. The molecule has 1 amide bonds. The van der Waals surface area contributed by atoms with Crippen molar-refractivity contribution >= 4 is 5.91 Å². The largest absolute Gasteiger partial charge is 0.496 e. The minimum Gasteiger partial charge on any atom is -0.496 e. The van der Waals surface area contributed by atoms with Gasteiger partial charge in [0.25, 0.3) is 0 Å². The molecule has 0 aromatic heterocycles. The first-order valence-electron chi connectivity index (χ1n) is 9.30. The van der Waals surface area contributed by atoms with E-state index in [2.05, 4.69) is 17.4 Å². The summed E-state index contributed by atoms with van der Waals surface area (Å²) in [4.78, 5) is 12.7. The number of hydrogen-bond acceptors (Lipinski definition) is 3. The van der Waals surface area contributed by atoms with Crippen molar-refractivity contribution in [1.29, 1.82) is 0 Å². The first-order valence-corrected chi connectivity index (χ1v) is 9.30. The molecule has 4 heteroatoms. The number of ether oxygens (including phenoxy) is 1. The number of rotatable bonds is 5. The molecule has 2 aliphatic carbocycles. The van der Waals surface area contributed by atoms with E-state index < -0.39 is 5.54 Å². The molecule has 4 nitrogen and oxygen atoms in total. The van der Waals surface area contributed by atoms with Gasteiger partial charge in [-0.25, -0.2) is 0 Å². The summed E-state index contributed by atoms with van der Waals surface area (Å²) in [5.41, 5.74) is 6.92. The van der Waals surface area contributed by atoms with Crippen LogP contribution in [-0.4, -0.2) is 25.1 Å². The SMILES string of the molecule is COc1ccccc1C1(CNC(=O)C2(N)CCCCC2)CCCC1. The fourth-order valence-corrected chi connectivity index (χ4v) is 4.51. The Morgan fingerprint density at radius 1 is 1.08 bits per heavy atom. The van der Waals surface area contributed by atoms with Crippen molar-refractivity contribution in [3.63, 3.8) is 0 Å². The second-order valence-corrected chi connectivity index (χ2v) is 7.59. The van der Waals surface area contributed by atoms with Crippen LogP contribution in [0, 0.1) is 0 Å². The van der Waals surface area contributed by atoms with Crippen LogP contribution < -0.4 is 15.8 Å². The molecule has 0 radical (unpaired) electrons. The fraction of sp³-hybridized carbons (Fsp3) is 0.650. The molecule has 0 atom stereocenters. The van der Waals surface area contributed by atoms with Crippen LogP contribution in [0.15, 0.2) is 24.3 Å². The quantitative estimate of drug-likeness (QED) is 0.871. The Hall–Kier alpha value is -1.55. The van der Waals surface area contributed by atoms with Crippen LogP contribution in [0.5, 0.6) is 5.75 Å². The third kappa shape index (κ3) is 3.30. The number of amides is 1. The van der Waals surface area contributed by atoms with Gasteiger partial charge in [-0.15, -0.1) is 0 Å². The summed E-state index contributed by atoms with van der Waals surface area (Å²) >= 11 is 0. The van der Waals surface area contributed by atoms with Gasteiger partial charge in [0.05, 0.1) is 12.6 Å². The smallest absolute Gasteiger partial charge is 0.240 e. The molecular weight excluding hydrogens is 300 g/mol. The highest BCUT2D eigenvalue weighted by Gasteiger charge is 2.40. The molecule has 0 unspecified atom stereocenters. The number of hydrogen-bond donors (Lipinski definition) is 2. The van der Waals surface area contributed by atoms with Gasteiger partial charge in [0.1, 0.15) is 5.75 Å². The molecule has 0 aliphatic heterocycles. The minimum atomic E-state index is -0.668. The Bertz CT molecular complexity index is 573. The number of para-hydroxylation sites is 1. The van der Waals surface area contributed by atoms with Crippen molar-refractivity contribution in [2.24, 2.45) is 5.73 Å². The Balaban J connectivity index is 1.76. The van der Waals surface area contributed by atoms with Crippen LogP contribution in [-0.2, 0) is 10.2 Å². The molecule has 3 N–H and O–H groups in total. The zero-order valence-corrected chi connectivity index (χ0v) is 14.8. The summed E-state index contributed by atoms with van der Waals surface area (Å²) in [5, 5.41) is 3.21. The molecule has 2 fully saturated rings. The second kappa shape index (κ2) is 7.14. The summed E-state index contributed by atoms with van der Waals surface area (Å²) in [6.45, 7) is 0.658. The predicted octanol–water partition coefficient (Wildman–Crippen LogP) is 3.28. The number of carbonyl (C=O) groups excluding carboxylic acids is 1. The molecule has 0 bridgehead atoms. The van der Waals surface area contributed by atoms with Crippen LogP contribution in [0.2, 0.25) is 0 Å². The van der Waals surface area contributed by atoms with Gasteiger partial charge in [0.15, 0.2) is 0 Å². The maximum atomic E-state index is 12.7. The summed E-state index contributed by atoms with van der Waals surface area (Å²) in [6, 6.07) is 8.23. The number of methoxy groups -OCH3 is 1. The van der Waals surface area contributed by atoms with Gasteiger partial charge in [-0.1, -0.05) is 50.3 Å². The first kappa shape index (κ1) is 17.3. The van der Waals surface area contributed by atoms with Crippen LogP contribution >= 0.6 is 0 Å². The zero-order valence-electron chi connectivity index (χ0n) is 14.8. The highest BCUT2D eigenvalue weighted by molar-refractivity contribution is 5.86. The van der Waals surface area contributed by atoms with E-state index in [1.807, 2.05) is 12.1 Å². The van der Waals surface area contributed by atoms with Gasteiger partial charge in [-0.2, -0.15) is 0 Å². The molecular formula is C20H30N2O2. The molecule has 0 spiro atoms. The standard InChI is InChI=1S/C20H30N2O2/c1-24-17-10-4-3-9-16(17)19(11-7-8-12-19)15-22-18(23)20(21)13-5-2-6-14-20/h3-4,9-10H,2,5-8,11-15,21H2,1H3,(H,22,23). The van der Waals surface area contributed by atoms with E-state index in [9.17, 15) is 4.79 Å². The maximum Gasteiger partial charge on any atom is 0.240 e. The van der Waals surface area contributed by atoms with Crippen molar-refractivity contribution in [3.8, 4) is 5.75 Å². The summed E-state index contributed by atoms with van der Waals surface area (Å²) in [5.74, 6) is 0.956. The van der Waals surface area contributed by atoms with Crippen LogP contribution in [0.25, 0.3) is 0 Å². The average molecular weight is 330 g/mol. The van der Waals surface area contributed by atoms with Gasteiger partial charge in [0.2, 0.25) is 5.91 Å². The van der Waals surface area contributed by atoms with Crippen LogP contribution in [0.4, 0.5) is 0 Å². The molecule has 1 aromatic carbocycles. The van der Waals surface area contributed by atoms with E-state index >= 15 is 0 Å². The molecule has 2 saturated carbocycles. The van der Waals surface area contributed by atoms with Crippen molar-refractivity contribution < 1.29 is 9.53 Å². The Kier molecular flexibility index (Phi) is 5.14. The van der Waals surface area contributed by atoms with Crippen molar-refractivity contribution in [2.75, 3.05) is 13.7 Å². The second-order valence-electron chi connectivity index (χ2n) is 7.59. The average Bonchev–Trinajstić information content (AvgIpc) is 3.10. The third-order valence-electron chi connectivity index (χ3n) is 6.02. The summed E-state index contributed by atoms with van der Waals surface area (Å²) in [6.07, 6.45) is 9.49. The number of benzene rings is 1. The van der Waals surface area contributed by atoms with Gasteiger partial charge < -0.3 is 15.8 Å². The molecule has 132 valence electrons. The fourth-order valence-electron chi connectivity index (χ4n) is 4.51. The molecule has 24 heavy (non-hydrogen) atoms. The zero-order chi connectivity index (χ0) is 17.0. The number of nitrogens with two attached hydrogens (primary N) is 1. The van der Waals surface area contributed by atoms with Gasteiger partial charge in [0, 0.05) is 17.5 Å². The third-order valence-corrected chi connectivity index (χ3v) is 6.02. The number of carbonyl (C=O) groups is 1. The van der Waals surface area contributed by atoms with Crippen LogP contribution in [0.1, 0.15) is 63.4 Å². The molecule has 0 saturated heterocycles. The molecule has 2 aliphatic rings. The first-order chi connectivity index (χ1) is 11.6. The van der Waals surface area contributed by atoms with Crippen molar-refractivity contribution in [3.05, 3.63) is 29.8 Å². The molecule has 0 heterocycles. The highest BCUT2D eigenvalue weighted by atomic mass is 16.5. The lowest BCUT2D eigenvalue weighted by Gasteiger charge is -2.35. The molecule has 3 rings (SSSR count). The van der Waals surface area contributed by atoms with E-state index in [-0.39, 0.29) is 11.3 Å². The van der Waals surface area contributed by atoms with E-state index in [0.717, 1.165) is 44.3 Å². The Labute approximate surface area is 145 Å². The lowest BCUT2D eigenvalue weighted by molar-refractivity contribution is -0.127. The molecule has 1 aromatic rings. The van der Waals surface area contributed by atoms with Crippen molar-refractivity contribution in [2.45, 2.75) is 68.7 Å². The van der Waals surface area contributed by atoms with E-state index in [0.29, 0.717) is 6.54 Å². The van der Waals surface area contributed by atoms with Crippen LogP contribution in [0.3, 0.4) is 0 Å². The predicted molar refractivity (Wildman–Crippen MR) is 96.2 cm³/mol. The van der Waals surface area contributed by atoms with Gasteiger partial charge in [-0.05, 0) is 31.7 Å². The van der Waals surface area contributed by atoms with E-state index in [4.69, 9.17) is 10.5 Å². The van der Waals surface area contributed by atoms with Gasteiger partial charge in [-0.3, -0.25) is 4.79 Å². The minimum absolute atomic E-state index is 0.0205. The Morgan fingerprint density at radius 3 is 2.38 bits per heavy atom. The normalized spacial score (nSPS) is 22.1. The van der Waals surface area contributed by atoms with E-state index in [1.54, 1.807) is 7.11 Å². The Morgan fingerprint density at radius 2 is 1.71 bits per heavy atom. The highest BCUT2D eigenvalue weighted by Crippen LogP contribution is 2.44. The maximum absolute atomic E-state index is 12.7. The lowest BCUT2D eigenvalue weighted by Crippen LogP contribution is -2.56. The van der Waals surface area contributed by atoms with Gasteiger partial charge >= 0.3 is 0 Å². The van der Waals surface area contributed by atoms with Crippen molar-refractivity contribution in [1.82, 2.24) is 5.32 Å². The summed E-state index contributed by atoms with van der Waals surface area (Å²) in [7, 11) is 1.72. The number of nitrogens with one attached hydrogen (secondary N) is 1. The van der Waals surface area contributed by atoms with E-state index in [1.165, 1.54) is 24.8 Å². The monoisotopic (exact) mass is 330 g/mol.